The lowest BCUT2D eigenvalue weighted by Crippen LogP contribution is -2.22. The molecular weight excluding hydrogens is 320 g/mol. The highest BCUT2D eigenvalue weighted by Crippen LogP contribution is 2.24. The van der Waals surface area contributed by atoms with Gasteiger partial charge in [0.15, 0.2) is 5.13 Å². The second-order valence-corrected chi connectivity index (χ2v) is 6.50. The average Bonchev–Trinajstić information content (AvgIpc) is 3.19. The minimum atomic E-state index is -0.350. The van der Waals surface area contributed by atoms with E-state index in [2.05, 4.69) is 25.8 Å². The first-order valence-corrected chi connectivity index (χ1v) is 8.21. The summed E-state index contributed by atoms with van der Waals surface area (Å²) in [4.78, 5) is 16.2. The van der Waals surface area contributed by atoms with E-state index in [1.165, 1.54) is 23.1 Å². The zero-order valence-corrected chi connectivity index (χ0v) is 13.2. The number of amides is 1. The molecular formula is C13H12N6OS2. The molecule has 22 heavy (non-hydrogen) atoms. The summed E-state index contributed by atoms with van der Waals surface area (Å²) >= 11 is 2.67. The van der Waals surface area contributed by atoms with Crippen molar-refractivity contribution in [2.75, 3.05) is 5.32 Å². The predicted molar refractivity (Wildman–Crippen MR) is 85.2 cm³/mol. The maximum Gasteiger partial charge on any atom is 0.239 e. The number of thioether (sulfide) groups is 1. The van der Waals surface area contributed by atoms with Gasteiger partial charge in [0.25, 0.3) is 0 Å². The van der Waals surface area contributed by atoms with Crippen LogP contribution in [0, 0.1) is 0 Å². The summed E-state index contributed by atoms with van der Waals surface area (Å²) in [7, 11) is 0. The van der Waals surface area contributed by atoms with Gasteiger partial charge in [0.2, 0.25) is 11.1 Å². The van der Waals surface area contributed by atoms with E-state index < -0.39 is 0 Å². The minimum Gasteiger partial charge on any atom is -0.301 e. The number of hydrogen-bond acceptors (Lipinski definition) is 7. The number of rotatable bonds is 5. The highest BCUT2D eigenvalue weighted by atomic mass is 32.2. The van der Waals surface area contributed by atoms with Crippen LogP contribution in [0.15, 0.2) is 47.1 Å². The smallest absolute Gasteiger partial charge is 0.239 e. The number of thiazole rings is 1. The van der Waals surface area contributed by atoms with Crippen molar-refractivity contribution in [1.29, 1.82) is 0 Å². The fraction of sp³-hybridized carbons (Fsp3) is 0.154. The van der Waals surface area contributed by atoms with Crippen LogP contribution in [0.3, 0.4) is 0 Å². The molecule has 0 saturated heterocycles. The highest BCUT2D eigenvalue weighted by molar-refractivity contribution is 8.00. The molecule has 1 aromatic carbocycles. The van der Waals surface area contributed by atoms with Crippen LogP contribution in [0.2, 0.25) is 0 Å². The largest absolute Gasteiger partial charge is 0.301 e. The van der Waals surface area contributed by atoms with Crippen molar-refractivity contribution in [2.45, 2.75) is 17.3 Å². The molecule has 0 unspecified atom stereocenters. The summed E-state index contributed by atoms with van der Waals surface area (Å²) in [6.07, 6.45) is 1.65. The molecule has 1 amide bonds. The lowest BCUT2D eigenvalue weighted by molar-refractivity contribution is -0.115. The number of carbonyl (C=O) groups is 1. The van der Waals surface area contributed by atoms with Gasteiger partial charge in [-0.25, -0.2) is 4.98 Å². The van der Waals surface area contributed by atoms with Crippen LogP contribution >= 0.6 is 23.1 Å². The van der Waals surface area contributed by atoms with Crippen molar-refractivity contribution in [3.63, 3.8) is 0 Å². The van der Waals surface area contributed by atoms with E-state index in [0.29, 0.717) is 10.3 Å². The quantitative estimate of drug-likeness (QED) is 0.721. The Morgan fingerprint density at radius 1 is 1.36 bits per heavy atom. The third-order valence-corrected chi connectivity index (χ3v) is 4.48. The van der Waals surface area contributed by atoms with Crippen LogP contribution in [0.4, 0.5) is 5.13 Å². The van der Waals surface area contributed by atoms with Crippen molar-refractivity contribution in [2.24, 2.45) is 0 Å². The Kier molecular flexibility index (Phi) is 4.45. The number of hydrogen-bond donors (Lipinski definition) is 1. The van der Waals surface area contributed by atoms with E-state index >= 15 is 0 Å². The second kappa shape index (κ2) is 6.67. The molecule has 1 atom stereocenters. The van der Waals surface area contributed by atoms with Crippen LogP contribution in [-0.2, 0) is 4.79 Å². The van der Waals surface area contributed by atoms with Gasteiger partial charge in [0.1, 0.15) is 0 Å². The fourth-order valence-electron chi connectivity index (χ4n) is 1.69. The predicted octanol–water partition coefficient (Wildman–Crippen LogP) is 2.24. The van der Waals surface area contributed by atoms with Gasteiger partial charge >= 0.3 is 0 Å². The first-order valence-electron chi connectivity index (χ1n) is 6.45. The Balaban J connectivity index is 1.71. The van der Waals surface area contributed by atoms with E-state index in [4.69, 9.17) is 0 Å². The molecule has 9 heteroatoms. The fourth-order valence-corrected chi connectivity index (χ4v) is 3.03. The van der Waals surface area contributed by atoms with Gasteiger partial charge in [-0.15, -0.1) is 16.4 Å². The van der Waals surface area contributed by atoms with Crippen molar-refractivity contribution in [1.82, 2.24) is 25.2 Å². The number of para-hydroxylation sites is 1. The maximum absolute atomic E-state index is 12.1. The topological polar surface area (TPSA) is 85.6 Å². The molecule has 7 nitrogen and oxygen atoms in total. The summed E-state index contributed by atoms with van der Waals surface area (Å²) in [6.45, 7) is 1.80. The molecule has 112 valence electrons. The lowest BCUT2D eigenvalue weighted by Gasteiger charge is -2.10. The second-order valence-electron chi connectivity index (χ2n) is 4.30. The molecule has 2 aromatic heterocycles. The molecule has 0 radical (unpaired) electrons. The summed E-state index contributed by atoms with van der Waals surface area (Å²) in [5.74, 6) is -0.137. The number of aromatic nitrogens is 5. The molecule has 0 aliphatic heterocycles. The molecule has 0 fully saturated rings. The molecule has 3 rings (SSSR count). The normalized spacial score (nSPS) is 12.0. The van der Waals surface area contributed by atoms with Crippen LogP contribution in [0.25, 0.3) is 5.69 Å². The molecule has 0 bridgehead atoms. The third kappa shape index (κ3) is 3.31. The van der Waals surface area contributed by atoms with Gasteiger partial charge in [-0.1, -0.05) is 30.0 Å². The number of benzene rings is 1. The first kappa shape index (κ1) is 14.7. The maximum atomic E-state index is 12.1. The van der Waals surface area contributed by atoms with Gasteiger partial charge in [-0.3, -0.25) is 4.79 Å². The Hall–Kier alpha value is -2.26. The molecule has 0 spiro atoms. The Labute approximate surface area is 134 Å². The standard InChI is InChI=1S/C13H12N6OS2/c1-9(11(20)15-12-14-7-8-21-12)22-13-16-17-18-19(13)10-5-3-2-4-6-10/h2-9H,1H3,(H,14,15,20)/t9-/m0/s1. The van der Waals surface area contributed by atoms with E-state index in [9.17, 15) is 4.79 Å². The Morgan fingerprint density at radius 2 is 2.18 bits per heavy atom. The summed E-state index contributed by atoms with van der Waals surface area (Å²) in [5.41, 5.74) is 0.850. The highest BCUT2D eigenvalue weighted by Gasteiger charge is 2.19. The van der Waals surface area contributed by atoms with E-state index in [1.54, 1.807) is 17.8 Å². The molecule has 0 aliphatic carbocycles. The molecule has 0 aliphatic rings. The van der Waals surface area contributed by atoms with Crippen molar-refractivity contribution in [3.8, 4) is 5.69 Å². The van der Waals surface area contributed by atoms with Crippen LogP contribution in [0.5, 0.6) is 0 Å². The summed E-state index contributed by atoms with van der Waals surface area (Å²) in [6, 6.07) is 9.54. The SMILES string of the molecule is C[C@H](Sc1nnnn1-c1ccccc1)C(=O)Nc1nccs1. The summed E-state index contributed by atoms with van der Waals surface area (Å²) in [5, 5.41) is 17.0. The van der Waals surface area contributed by atoms with Gasteiger partial charge in [-0.05, 0) is 29.5 Å². The zero-order chi connectivity index (χ0) is 15.4. The van der Waals surface area contributed by atoms with Gasteiger partial charge in [0.05, 0.1) is 10.9 Å². The van der Waals surface area contributed by atoms with E-state index in [1.807, 2.05) is 35.7 Å². The zero-order valence-electron chi connectivity index (χ0n) is 11.6. The molecule has 3 aromatic rings. The molecule has 0 saturated carbocycles. The van der Waals surface area contributed by atoms with Crippen LogP contribution in [-0.4, -0.2) is 36.3 Å². The van der Waals surface area contributed by atoms with Gasteiger partial charge in [-0.2, -0.15) is 4.68 Å². The number of anilines is 1. The monoisotopic (exact) mass is 332 g/mol. The number of carbonyl (C=O) groups excluding carboxylic acids is 1. The van der Waals surface area contributed by atoms with Gasteiger partial charge in [0, 0.05) is 11.6 Å². The van der Waals surface area contributed by atoms with Crippen LogP contribution in [0.1, 0.15) is 6.92 Å². The third-order valence-electron chi connectivity index (χ3n) is 2.76. The van der Waals surface area contributed by atoms with E-state index in [0.717, 1.165) is 5.69 Å². The number of nitrogens with one attached hydrogen (secondary N) is 1. The molecule has 2 heterocycles. The average molecular weight is 332 g/mol. The van der Waals surface area contributed by atoms with Gasteiger partial charge < -0.3 is 5.32 Å². The Morgan fingerprint density at radius 3 is 2.91 bits per heavy atom. The Bertz CT molecular complexity index is 743. The number of nitrogens with zero attached hydrogens (tertiary/aromatic N) is 5. The van der Waals surface area contributed by atoms with Crippen molar-refractivity contribution >= 4 is 34.1 Å². The van der Waals surface area contributed by atoms with Crippen molar-refractivity contribution in [3.05, 3.63) is 41.9 Å². The summed E-state index contributed by atoms with van der Waals surface area (Å²) < 4.78 is 1.61. The first-order chi connectivity index (χ1) is 10.7. The van der Waals surface area contributed by atoms with Crippen LogP contribution < -0.4 is 5.32 Å². The molecule has 1 N–H and O–H groups in total. The lowest BCUT2D eigenvalue weighted by atomic mass is 10.3. The van der Waals surface area contributed by atoms with Crippen molar-refractivity contribution < 1.29 is 4.79 Å². The minimum absolute atomic E-state index is 0.137. The van der Waals surface area contributed by atoms with E-state index in [-0.39, 0.29) is 11.2 Å². The number of tetrazole rings is 1.